The number of anilines is 2. The number of benzene rings is 2. The van der Waals surface area contributed by atoms with Gasteiger partial charge in [0.05, 0.1) is 30.9 Å². The van der Waals surface area contributed by atoms with Gasteiger partial charge in [-0.3, -0.25) is 4.79 Å². The van der Waals surface area contributed by atoms with Crippen molar-refractivity contribution < 1.29 is 18.7 Å². The van der Waals surface area contributed by atoms with Gasteiger partial charge in [-0.05, 0) is 48.7 Å². The fourth-order valence-corrected chi connectivity index (χ4v) is 3.62. The van der Waals surface area contributed by atoms with E-state index in [4.69, 9.17) is 17.3 Å². The molecule has 0 spiro atoms. The lowest BCUT2D eigenvalue weighted by atomic mass is 9.93. The number of esters is 1. The largest absolute Gasteiger partial charge is 0.465 e. The van der Waals surface area contributed by atoms with Crippen LogP contribution >= 0.6 is 11.6 Å². The molecule has 1 heterocycles. The van der Waals surface area contributed by atoms with E-state index in [0.29, 0.717) is 18.0 Å². The average Bonchev–Trinajstić information content (AvgIpc) is 2.67. The van der Waals surface area contributed by atoms with Crippen LogP contribution in [0.3, 0.4) is 0 Å². The van der Waals surface area contributed by atoms with Crippen LogP contribution in [0, 0.1) is 5.82 Å². The highest BCUT2D eigenvalue weighted by Gasteiger charge is 2.27. The minimum absolute atomic E-state index is 0.0512. The number of fused-ring (bicyclic) bond motifs is 1. The molecule has 3 rings (SSSR count). The Morgan fingerprint density at radius 2 is 2.11 bits per heavy atom. The first-order valence-corrected chi connectivity index (χ1v) is 9.18. The van der Waals surface area contributed by atoms with Crippen LogP contribution in [-0.4, -0.2) is 37.0 Å². The zero-order valence-corrected chi connectivity index (χ0v) is 16.3. The highest BCUT2D eigenvalue weighted by molar-refractivity contribution is 6.30. The summed E-state index contributed by atoms with van der Waals surface area (Å²) in [5.74, 6) is -1.57. The second-order valence-electron chi connectivity index (χ2n) is 6.62. The van der Waals surface area contributed by atoms with Gasteiger partial charge >= 0.3 is 5.97 Å². The van der Waals surface area contributed by atoms with E-state index in [9.17, 15) is 14.0 Å². The Kier molecular flexibility index (Phi) is 5.74. The van der Waals surface area contributed by atoms with Gasteiger partial charge in [-0.25, -0.2) is 9.18 Å². The van der Waals surface area contributed by atoms with Crippen molar-refractivity contribution in [2.45, 2.75) is 19.4 Å². The van der Waals surface area contributed by atoms with Gasteiger partial charge in [-0.15, -0.1) is 0 Å². The van der Waals surface area contributed by atoms with Crippen molar-refractivity contribution >= 4 is 34.9 Å². The third-order valence-corrected chi connectivity index (χ3v) is 5.17. The predicted molar refractivity (Wildman–Crippen MR) is 106 cm³/mol. The van der Waals surface area contributed by atoms with Gasteiger partial charge in [0.15, 0.2) is 0 Å². The molecule has 0 fully saturated rings. The molecule has 28 heavy (non-hydrogen) atoms. The number of ether oxygens (including phenoxy) is 1. The zero-order valence-electron chi connectivity index (χ0n) is 15.6. The number of hydrogen-bond acceptors (Lipinski definition) is 5. The lowest BCUT2D eigenvalue weighted by Crippen LogP contribution is -2.41. The molecule has 0 saturated carbocycles. The maximum Gasteiger partial charge on any atom is 0.340 e. The van der Waals surface area contributed by atoms with Gasteiger partial charge in [0.1, 0.15) is 5.82 Å². The average molecular weight is 406 g/mol. The summed E-state index contributed by atoms with van der Waals surface area (Å²) in [6, 6.07) is 7.84. The summed E-state index contributed by atoms with van der Waals surface area (Å²) in [5.41, 5.74) is 8.04. The molecule has 1 atom stereocenters. The Hall–Kier alpha value is -2.80. The number of methoxy groups -OCH3 is 1. The van der Waals surface area contributed by atoms with Crippen LogP contribution in [0.5, 0.6) is 0 Å². The van der Waals surface area contributed by atoms with Gasteiger partial charge in [-0.1, -0.05) is 17.7 Å². The van der Waals surface area contributed by atoms with Crippen molar-refractivity contribution in [3.8, 4) is 0 Å². The summed E-state index contributed by atoms with van der Waals surface area (Å²) in [7, 11) is 1.19. The van der Waals surface area contributed by atoms with Gasteiger partial charge in [-0.2, -0.15) is 0 Å². The maximum atomic E-state index is 14.3. The molecule has 2 aromatic rings. The van der Waals surface area contributed by atoms with E-state index in [0.717, 1.165) is 17.2 Å². The van der Waals surface area contributed by atoms with Gasteiger partial charge in [0, 0.05) is 17.3 Å². The summed E-state index contributed by atoms with van der Waals surface area (Å²) < 4.78 is 18.8. The van der Waals surface area contributed by atoms with Crippen LogP contribution in [-0.2, 0) is 16.0 Å². The molecular formula is C20H21ClFN3O3. The van der Waals surface area contributed by atoms with E-state index in [1.54, 1.807) is 4.90 Å². The van der Waals surface area contributed by atoms with Crippen LogP contribution in [0.2, 0.25) is 5.02 Å². The van der Waals surface area contributed by atoms with Gasteiger partial charge < -0.3 is 20.7 Å². The van der Waals surface area contributed by atoms with E-state index < -0.39 is 11.8 Å². The number of nitrogens with one attached hydrogen (secondary N) is 1. The number of nitrogen functional groups attached to an aromatic ring is 1. The van der Waals surface area contributed by atoms with Crippen LogP contribution in [0.1, 0.15) is 34.5 Å². The van der Waals surface area contributed by atoms with Crippen molar-refractivity contribution in [1.82, 2.24) is 4.90 Å². The number of amides is 1. The molecule has 148 valence electrons. The predicted octanol–water partition coefficient (Wildman–Crippen LogP) is 3.41. The number of nitrogens with two attached hydrogens (primary N) is 1. The molecule has 6 nitrogen and oxygen atoms in total. The highest BCUT2D eigenvalue weighted by atomic mass is 35.5. The summed E-state index contributed by atoms with van der Waals surface area (Å²) in [6.07, 6.45) is 0.709. The highest BCUT2D eigenvalue weighted by Crippen LogP contribution is 2.31. The normalized spacial score (nSPS) is 15.7. The Labute approximate surface area is 167 Å². The molecule has 0 bridgehead atoms. The Balaban J connectivity index is 1.70. The Morgan fingerprint density at radius 1 is 1.36 bits per heavy atom. The van der Waals surface area contributed by atoms with Crippen LogP contribution in [0.25, 0.3) is 0 Å². The molecule has 1 amide bonds. The van der Waals surface area contributed by atoms with Crippen molar-refractivity contribution in [2.24, 2.45) is 0 Å². The Bertz CT molecular complexity index is 935. The number of hydrogen-bond donors (Lipinski definition) is 2. The summed E-state index contributed by atoms with van der Waals surface area (Å²) in [6.45, 7) is 2.41. The maximum absolute atomic E-state index is 14.3. The molecule has 0 aliphatic carbocycles. The van der Waals surface area contributed by atoms with Crippen LogP contribution < -0.4 is 11.1 Å². The third kappa shape index (κ3) is 3.89. The second kappa shape index (κ2) is 8.06. The number of carbonyl (C=O) groups excluding carboxylic acids is 2. The lowest BCUT2D eigenvalue weighted by Gasteiger charge is -2.35. The molecular weight excluding hydrogens is 385 g/mol. The number of halogens is 2. The SMILES string of the molecule is COC(=O)c1cc(F)c(NCC(=O)N2CCc3cc(Cl)ccc3[C@@H]2C)cc1N. The molecule has 0 aromatic heterocycles. The third-order valence-electron chi connectivity index (χ3n) is 4.94. The van der Waals surface area contributed by atoms with Gasteiger partial charge in [0.2, 0.25) is 5.91 Å². The number of nitrogens with zero attached hydrogens (tertiary/aromatic N) is 1. The van der Waals surface area contributed by atoms with E-state index in [2.05, 4.69) is 10.1 Å². The zero-order chi connectivity index (χ0) is 20.4. The van der Waals surface area contributed by atoms with Gasteiger partial charge in [0.25, 0.3) is 0 Å². The topological polar surface area (TPSA) is 84.7 Å². The summed E-state index contributed by atoms with van der Waals surface area (Å²) >= 11 is 6.04. The van der Waals surface area contributed by atoms with Crippen LogP contribution in [0.4, 0.5) is 15.8 Å². The minimum atomic E-state index is -0.722. The van der Waals surface area contributed by atoms with E-state index >= 15 is 0 Å². The molecule has 0 radical (unpaired) electrons. The van der Waals surface area contributed by atoms with E-state index in [1.807, 2.05) is 25.1 Å². The quantitative estimate of drug-likeness (QED) is 0.601. The first kappa shape index (κ1) is 19.9. The smallest absolute Gasteiger partial charge is 0.340 e. The fourth-order valence-electron chi connectivity index (χ4n) is 3.43. The van der Waals surface area contributed by atoms with E-state index in [-0.39, 0.29) is 35.4 Å². The number of carbonyl (C=O) groups is 2. The summed E-state index contributed by atoms with van der Waals surface area (Å²) in [5, 5.41) is 3.45. The second-order valence-corrected chi connectivity index (χ2v) is 7.06. The van der Waals surface area contributed by atoms with Crippen LogP contribution in [0.15, 0.2) is 30.3 Å². The first-order chi connectivity index (χ1) is 13.3. The van der Waals surface area contributed by atoms with Crippen molar-refractivity contribution in [2.75, 3.05) is 31.2 Å². The van der Waals surface area contributed by atoms with E-state index in [1.165, 1.54) is 13.2 Å². The number of rotatable bonds is 4. The first-order valence-electron chi connectivity index (χ1n) is 8.80. The molecule has 0 saturated heterocycles. The van der Waals surface area contributed by atoms with Crippen molar-refractivity contribution in [3.05, 3.63) is 57.9 Å². The molecule has 8 heteroatoms. The fraction of sp³-hybridized carbons (Fsp3) is 0.300. The molecule has 0 unspecified atom stereocenters. The monoisotopic (exact) mass is 405 g/mol. The minimum Gasteiger partial charge on any atom is -0.465 e. The molecule has 2 aromatic carbocycles. The Morgan fingerprint density at radius 3 is 2.82 bits per heavy atom. The molecule has 1 aliphatic heterocycles. The molecule has 3 N–H and O–H groups in total. The molecule has 1 aliphatic rings. The standard InChI is InChI=1S/C20H21ClFN3O3/c1-11-14-4-3-13(21)7-12(14)5-6-25(11)19(26)10-24-18-9-17(23)15(8-16(18)22)20(27)28-2/h3-4,7-9,11,24H,5-6,10,23H2,1-2H3/t11-/m0/s1. The van der Waals surface area contributed by atoms with Crippen molar-refractivity contribution in [1.29, 1.82) is 0 Å². The summed E-state index contributed by atoms with van der Waals surface area (Å²) in [4.78, 5) is 26.0. The van der Waals surface area contributed by atoms with Crippen molar-refractivity contribution in [3.63, 3.8) is 0 Å². The lowest BCUT2D eigenvalue weighted by molar-refractivity contribution is -0.131.